The molecule has 8 nitrogen and oxygen atoms in total. The zero-order valence-corrected chi connectivity index (χ0v) is 18.0. The molecule has 0 fully saturated rings. The van der Waals surface area contributed by atoms with Crippen molar-refractivity contribution >= 4 is 0 Å². The van der Waals surface area contributed by atoms with Gasteiger partial charge in [-0.25, -0.2) is 23.2 Å². The van der Waals surface area contributed by atoms with E-state index in [1.165, 1.54) is 48.8 Å². The topological polar surface area (TPSA) is 87.1 Å². The van der Waals surface area contributed by atoms with Crippen LogP contribution < -0.4 is 10.4 Å². The fourth-order valence-electron chi connectivity index (χ4n) is 3.76. The van der Waals surface area contributed by atoms with Crippen LogP contribution in [0.2, 0.25) is 0 Å². The highest BCUT2D eigenvalue weighted by molar-refractivity contribution is 5.37. The lowest BCUT2D eigenvalue weighted by Gasteiger charge is -2.35. The van der Waals surface area contributed by atoms with Crippen molar-refractivity contribution in [2.75, 3.05) is 0 Å². The molecule has 4 rings (SSSR count). The number of rotatable bonds is 7. The Morgan fingerprint density at radius 3 is 2.40 bits per heavy atom. The van der Waals surface area contributed by atoms with E-state index in [1.807, 2.05) is 0 Å². The van der Waals surface area contributed by atoms with Gasteiger partial charge in [-0.1, -0.05) is 6.07 Å². The molecule has 0 spiro atoms. The van der Waals surface area contributed by atoms with E-state index in [-0.39, 0.29) is 17.8 Å². The van der Waals surface area contributed by atoms with Gasteiger partial charge in [0.05, 0.1) is 18.3 Å². The average Bonchev–Trinajstić information content (AvgIpc) is 3.42. The SMILES string of the molecule is C[C@@H](n1ccn(-c2ccc(OC(F)(F)F)cc2)c1=O)[C@](O)(Cn1cncn1)c1ccc(F)cc1F. The first-order valence-corrected chi connectivity index (χ1v) is 10.1. The molecule has 2 aromatic heterocycles. The van der Waals surface area contributed by atoms with E-state index in [9.17, 15) is 31.9 Å². The lowest BCUT2D eigenvalue weighted by Crippen LogP contribution is -2.43. The molecule has 2 atom stereocenters. The first-order valence-electron chi connectivity index (χ1n) is 10.1. The number of nitrogens with zero attached hydrogens (tertiary/aromatic N) is 5. The van der Waals surface area contributed by atoms with Gasteiger partial charge in [0.15, 0.2) is 0 Å². The lowest BCUT2D eigenvalue weighted by molar-refractivity contribution is -0.274. The molecule has 2 heterocycles. The third-order valence-electron chi connectivity index (χ3n) is 5.53. The number of hydrogen-bond acceptors (Lipinski definition) is 5. The summed E-state index contributed by atoms with van der Waals surface area (Å²) >= 11 is 0. The van der Waals surface area contributed by atoms with E-state index in [0.717, 1.165) is 33.4 Å². The molecule has 0 amide bonds. The van der Waals surface area contributed by atoms with Crippen molar-refractivity contribution < 1.29 is 31.8 Å². The average molecular weight is 495 g/mol. The van der Waals surface area contributed by atoms with E-state index in [2.05, 4.69) is 14.8 Å². The number of ether oxygens (including phenoxy) is 1. The van der Waals surface area contributed by atoms with Gasteiger partial charge in [-0.05, 0) is 37.3 Å². The van der Waals surface area contributed by atoms with Gasteiger partial charge in [0, 0.05) is 24.0 Å². The highest BCUT2D eigenvalue weighted by Crippen LogP contribution is 2.36. The predicted molar refractivity (Wildman–Crippen MR) is 112 cm³/mol. The van der Waals surface area contributed by atoms with Gasteiger partial charge in [-0.3, -0.25) is 9.13 Å². The largest absolute Gasteiger partial charge is 0.573 e. The van der Waals surface area contributed by atoms with Crippen molar-refractivity contribution in [3.63, 3.8) is 0 Å². The zero-order valence-electron chi connectivity index (χ0n) is 18.0. The highest BCUT2D eigenvalue weighted by atomic mass is 19.4. The van der Waals surface area contributed by atoms with Crippen molar-refractivity contribution in [3.8, 4) is 11.4 Å². The molecule has 0 saturated carbocycles. The van der Waals surface area contributed by atoms with Gasteiger partial charge in [-0.2, -0.15) is 5.10 Å². The summed E-state index contributed by atoms with van der Waals surface area (Å²) in [5, 5.41) is 15.6. The van der Waals surface area contributed by atoms with E-state index in [0.29, 0.717) is 6.07 Å². The van der Waals surface area contributed by atoms with Crippen LogP contribution in [0.1, 0.15) is 18.5 Å². The number of halogens is 5. The predicted octanol–water partition coefficient (Wildman–Crippen LogP) is 3.56. The smallest absolute Gasteiger partial charge is 0.406 e. The summed E-state index contributed by atoms with van der Waals surface area (Å²) in [5.41, 5.74) is -2.79. The summed E-state index contributed by atoms with van der Waals surface area (Å²) in [6.07, 6.45) is 0.316. The van der Waals surface area contributed by atoms with Crippen molar-refractivity contribution in [2.24, 2.45) is 0 Å². The van der Waals surface area contributed by atoms with Crippen LogP contribution in [0.25, 0.3) is 5.69 Å². The molecular weight excluding hydrogens is 477 g/mol. The second-order valence-electron chi connectivity index (χ2n) is 7.72. The maximum absolute atomic E-state index is 14.7. The van der Waals surface area contributed by atoms with Gasteiger partial charge in [0.1, 0.15) is 35.6 Å². The minimum absolute atomic E-state index is 0.225. The van der Waals surface area contributed by atoms with Crippen molar-refractivity contribution in [3.05, 3.63) is 95.2 Å². The Labute approximate surface area is 194 Å². The molecule has 0 saturated heterocycles. The van der Waals surface area contributed by atoms with E-state index < -0.39 is 41.1 Å². The Balaban J connectivity index is 1.72. The Bertz CT molecular complexity index is 1370. The van der Waals surface area contributed by atoms with E-state index in [4.69, 9.17) is 0 Å². The molecule has 35 heavy (non-hydrogen) atoms. The van der Waals surface area contributed by atoms with Crippen LogP contribution in [-0.2, 0) is 12.1 Å². The Hall–Kier alpha value is -4.00. The minimum Gasteiger partial charge on any atom is -0.406 e. The number of aromatic nitrogens is 5. The van der Waals surface area contributed by atoms with Crippen molar-refractivity contribution in [2.45, 2.75) is 31.5 Å². The zero-order chi connectivity index (χ0) is 25.4. The molecule has 2 aromatic carbocycles. The third-order valence-corrected chi connectivity index (χ3v) is 5.53. The van der Waals surface area contributed by atoms with Crippen LogP contribution in [-0.4, -0.2) is 35.4 Å². The van der Waals surface area contributed by atoms with E-state index in [1.54, 1.807) is 0 Å². The quantitative estimate of drug-likeness (QED) is 0.397. The molecule has 0 aliphatic heterocycles. The Morgan fingerprint density at radius 2 is 1.80 bits per heavy atom. The second-order valence-corrected chi connectivity index (χ2v) is 7.72. The fourth-order valence-corrected chi connectivity index (χ4v) is 3.76. The minimum atomic E-state index is -4.86. The summed E-state index contributed by atoms with van der Waals surface area (Å²) in [7, 11) is 0. The lowest BCUT2D eigenvalue weighted by atomic mass is 9.86. The molecule has 4 aromatic rings. The monoisotopic (exact) mass is 495 g/mol. The maximum Gasteiger partial charge on any atom is 0.573 e. The third kappa shape index (κ3) is 4.94. The van der Waals surface area contributed by atoms with Crippen LogP contribution in [0.15, 0.2) is 72.3 Å². The molecular formula is C22H18F5N5O3. The van der Waals surface area contributed by atoms with Crippen LogP contribution in [0.3, 0.4) is 0 Å². The number of aliphatic hydroxyl groups is 1. The van der Waals surface area contributed by atoms with Gasteiger partial charge in [-0.15, -0.1) is 13.2 Å². The van der Waals surface area contributed by atoms with Gasteiger partial charge >= 0.3 is 12.1 Å². The molecule has 184 valence electrons. The Kier molecular flexibility index (Phi) is 6.19. The molecule has 1 N–H and O–H groups in total. The molecule has 0 aliphatic rings. The number of imidazole rings is 1. The van der Waals surface area contributed by atoms with Crippen LogP contribution in [0.5, 0.6) is 5.75 Å². The number of hydrogen-bond donors (Lipinski definition) is 1. The summed E-state index contributed by atoms with van der Waals surface area (Å²) in [6.45, 7) is 1.14. The molecule has 13 heteroatoms. The van der Waals surface area contributed by atoms with Crippen LogP contribution in [0.4, 0.5) is 22.0 Å². The summed E-state index contributed by atoms with van der Waals surface area (Å²) < 4.78 is 72.8. The fraction of sp³-hybridized carbons (Fsp3) is 0.227. The maximum atomic E-state index is 14.7. The second kappa shape index (κ2) is 8.98. The standard InChI is InChI=1S/C22H18F5N5O3/c1-14(21(34,11-30-13-28-12-29-30)18-7-2-15(23)10-19(18)24)31-8-9-32(20(31)33)16-3-5-17(6-4-16)35-22(25,26)27/h2-10,12-14,34H,11H2,1H3/t14-,21-/m1/s1. The normalized spacial score (nSPS) is 14.5. The first-order chi connectivity index (χ1) is 16.5. The van der Waals surface area contributed by atoms with Gasteiger partial charge in [0.25, 0.3) is 0 Å². The Morgan fingerprint density at radius 1 is 1.09 bits per heavy atom. The molecule has 0 bridgehead atoms. The van der Waals surface area contributed by atoms with Gasteiger partial charge in [0.2, 0.25) is 0 Å². The molecule has 0 unspecified atom stereocenters. The first kappa shape index (κ1) is 24.1. The van der Waals surface area contributed by atoms with Gasteiger partial charge < -0.3 is 9.84 Å². The summed E-state index contributed by atoms with van der Waals surface area (Å²) in [5.74, 6) is -2.33. The van der Waals surface area contributed by atoms with Crippen molar-refractivity contribution in [1.82, 2.24) is 23.9 Å². The summed E-state index contributed by atoms with van der Waals surface area (Å²) in [6, 6.07) is 6.17. The highest BCUT2D eigenvalue weighted by Gasteiger charge is 2.41. The summed E-state index contributed by atoms with van der Waals surface area (Å²) in [4.78, 5) is 17.0. The number of alkyl halides is 3. The van der Waals surface area contributed by atoms with Crippen LogP contribution in [0, 0.1) is 11.6 Å². The number of benzene rings is 2. The molecule has 0 radical (unpaired) electrons. The van der Waals surface area contributed by atoms with Crippen molar-refractivity contribution in [1.29, 1.82) is 0 Å². The van der Waals surface area contributed by atoms with Crippen LogP contribution >= 0.6 is 0 Å². The van der Waals surface area contributed by atoms with E-state index >= 15 is 0 Å². The molecule has 0 aliphatic carbocycles.